The molecule has 0 aliphatic heterocycles. The minimum atomic E-state index is -4.68. The lowest BCUT2D eigenvalue weighted by molar-refractivity contribution is -0.137. The molecule has 7 heteroatoms. The Kier molecular flexibility index (Phi) is 3.60. The van der Waals surface area contributed by atoms with E-state index >= 15 is 0 Å². The number of hydrogen-bond donors (Lipinski definition) is 0. The molecule has 1 aromatic carbocycles. The zero-order chi connectivity index (χ0) is 14.2. The Morgan fingerprint density at radius 2 is 1.79 bits per heavy atom. The minimum absolute atomic E-state index is 0.00502. The smallest absolute Gasteiger partial charge is 0.419 e. The lowest BCUT2D eigenvalue weighted by atomic mass is 10.1. The molecule has 0 fully saturated rings. The van der Waals surface area contributed by atoms with Crippen LogP contribution in [0.25, 0.3) is 11.3 Å². The largest absolute Gasteiger partial charge is 0.453 e. The van der Waals surface area contributed by atoms with Crippen molar-refractivity contribution in [2.24, 2.45) is 0 Å². The zero-order valence-electron chi connectivity index (χ0n) is 9.09. The van der Waals surface area contributed by atoms with Crippen LogP contribution < -0.4 is 0 Å². The van der Waals surface area contributed by atoms with Crippen LogP contribution in [0.3, 0.4) is 0 Å². The number of furan rings is 1. The summed E-state index contributed by atoms with van der Waals surface area (Å²) in [4.78, 5) is 10.5. The molecule has 2 aromatic rings. The predicted molar refractivity (Wildman–Crippen MR) is 64.6 cm³/mol. The van der Waals surface area contributed by atoms with Gasteiger partial charge >= 0.3 is 6.18 Å². The number of benzene rings is 1. The van der Waals surface area contributed by atoms with E-state index in [9.17, 15) is 18.0 Å². The predicted octanol–water partition coefficient (Wildman–Crippen LogP) is 5.08. The van der Waals surface area contributed by atoms with E-state index in [-0.39, 0.29) is 17.1 Å². The average molecular weight is 309 g/mol. The molecule has 0 saturated heterocycles. The van der Waals surface area contributed by atoms with E-state index in [0.29, 0.717) is 6.29 Å². The summed E-state index contributed by atoms with van der Waals surface area (Å²) in [5, 5.41) is -1.06. The maximum absolute atomic E-state index is 12.8. The fourth-order valence-corrected chi connectivity index (χ4v) is 2.24. The Morgan fingerprint density at radius 3 is 2.32 bits per heavy atom. The van der Waals surface area contributed by atoms with Gasteiger partial charge in [0, 0.05) is 5.56 Å². The van der Waals surface area contributed by atoms with Gasteiger partial charge in [0.25, 0.3) is 0 Å². The van der Waals surface area contributed by atoms with Gasteiger partial charge in [-0.2, -0.15) is 13.2 Å². The highest BCUT2D eigenvalue weighted by Crippen LogP contribution is 2.43. The van der Waals surface area contributed by atoms with E-state index in [4.69, 9.17) is 27.6 Å². The SMILES string of the molecule is O=Cc1ccc(-c2ccc(Cl)c(C(F)(F)F)c2Cl)o1. The van der Waals surface area contributed by atoms with Gasteiger partial charge in [-0.05, 0) is 24.3 Å². The average Bonchev–Trinajstić information content (AvgIpc) is 2.75. The molecule has 0 unspecified atom stereocenters. The van der Waals surface area contributed by atoms with Crippen LogP contribution in [0, 0.1) is 0 Å². The standard InChI is InChI=1S/C12H5Cl2F3O2/c13-8-3-2-7(9-4-1-6(5-18)19-9)11(14)10(8)12(15,16)17/h1-5H. The highest BCUT2D eigenvalue weighted by atomic mass is 35.5. The molecule has 0 bridgehead atoms. The van der Waals surface area contributed by atoms with E-state index in [1.807, 2.05) is 0 Å². The van der Waals surface area contributed by atoms with Crippen LogP contribution >= 0.6 is 23.2 Å². The van der Waals surface area contributed by atoms with Crippen molar-refractivity contribution >= 4 is 29.5 Å². The number of aldehydes is 1. The first-order chi connectivity index (χ1) is 8.84. The van der Waals surface area contributed by atoms with Crippen molar-refractivity contribution in [3.8, 4) is 11.3 Å². The van der Waals surface area contributed by atoms with Gasteiger partial charge in [0.1, 0.15) is 5.76 Å². The first-order valence-corrected chi connectivity index (χ1v) is 5.70. The molecule has 0 spiro atoms. The summed E-state index contributed by atoms with van der Waals surface area (Å²) in [6, 6.07) is 5.07. The summed E-state index contributed by atoms with van der Waals surface area (Å²) in [7, 11) is 0. The Bertz CT molecular complexity index is 632. The second kappa shape index (κ2) is 4.90. The van der Waals surface area contributed by atoms with Gasteiger partial charge in [-0.15, -0.1) is 0 Å². The third-order valence-electron chi connectivity index (χ3n) is 2.38. The molecule has 0 atom stereocenters. The van der Waals surface area contributed by atoms with Crippen LogP contribution in [-0.4, -0.2) is 6.29 Å². The highest BCUT2D eigenvalue weighted by molar-refractivity contribution is 6.37. The fourth-order valence-electron chi connectivity index (χ4n) is 1.56. The van der Waals surface area contributed by atoms with Crippen LogP contribution in [0.5, 0.6) is 0 Å². The van der Waals surface area contributed by atoms with E-state index in [1.54, 1.807) is 0 Å². The number of rotatable bonds is 2. The molecule has 19 heavy (non-hydrogen) atoms. The third kappa shape index (κ3) is 2.62. The molecule has 1 aromatic heterocycles. The lowest BCUT2D eigenvalue weighted by Crippen LogP contribution is -2.07. The van der Waals surface area contributed by atoms with Crippen LogP contribution in [0.1, 0.15) is 16.1 Å². The summed E-state index contributed by atoms with van der Waals surface area (Å²) >= 11 is 11.2. The monoisotopic (exact) mass is 308 g/mol. The maximum Gasteiger partial charge on any atom is 0.419 e. The second-order valence-corrected chi connectivity index (χ2v) is 4.39. The van der Waals surface area contributed by atoms with Crippen molar-refractivity contribution in [1.29, 1.82) is 0 Å². The summed E-state index contributed by atoms with van der Waals surface area (Å²) in [6.07, 6.45) is -4.23. The normalized spacial score (nSPS) is 11.6. The van der Waals surface area contributed by atoms with Crippen molar-refractivity contribution in [2.45, 2.75) is 6.18 Å². The summed E-state index contributed by atoms with van der Waals surface area (Å²) < 4.78 is 43.5. The molecular weight excluding hydrogens is 304 g/mol. The second-order valence-electron chi connectivity index (χ2n) is 3.60. The molecular formula is C12H5Cl2F3O2. The quantitative estimate of drug-likeness (QED) is 0.724. The molecule has 0 amide bonds. The first kappa shape index (κ1) is 14.0. The third-order valence-corrected chi connectivity index (χ3v) is 3.09. The van der Waals surface area contributed by atoms with E-state index in [0.717, 1.165) is 6.07 Å². The molecule has 0 saturated carbocycles. The van der Waals surface area contributed by atoms with Gasteiger partial charge in [0.15, 0.2) is 12.0 Å². The number of carbonyl (C=O) groups is 1. The van der Waals surface area contributed by atoms with Crippen LogP contribution in [0.4, 0.5) is 13.2 Å². The summed E-state index contributed by atoms with van der Waals surface area (Å²) in [6.45, 7) is 0. The lowest BCUT2D eigenvalue weighted by Gasteiger charge is -2.13. The van der Waals surface area contributed by atoms with E-state index in [2.05, 4.69) is 0 Å². The first-order valence-electron chi connectivity index (χ1n) is 4.95. The number of carbonyl (C=O) groups excluding carboxylic acids is 1. The van der Waals surface area contributed by atoms with Gasteiger partial charge in [0.05, 0.1) is 15.6 Å². The minimum Gasteiger partial charge on any atom is -0.453 e. The van der Waals surface area contributed by atoms with Gasteiger partial charge < -0.3 is 4.42 Å². The number of halogens is 5. The Morgan fingerprint density at radius 1 is 1.11 bits per heavy atom. The molecule has 100 valence electrons. The van der Waals surface area contributed by atoms with Gasteiger partial charge in [-0.3, -0.25) is 4.79 Å². The van der Waals surface area contributed by atoms with Gasteiger partial charge in [-0.1, -0.05) is 23.2 Å². The van der Waals surface area contributed by atoms with Crippen molar-refractivity contribution in [3.05, 3.63) is 45.6 Å². The Labute approximate surface area is 115 Å². The molecule has 2 rings (SSSR count). The Hall–Kier alpha value is -1.46. The van der Waals surface area contributed by atoms with Gasteiger partial charge in [0.2, 0.25) is 0 Å². The molecule has 2 nitrogen and oxygen atoms in total. The van der Waals surface area contributed by atoms with Crippen LogP contribution in [0.15, 0.2) is 28.7 Å². The van der Waals surface area contributed by atoms with Crippen molar-refractivity contribution < 1.29 is 22.4 Å². The van der Waals surface area contributed by atoms with Crippen LogP contribution in [0.2, 0.25) is 10.0 Å². The summed E-state index contributed by atoms with van der Waals surface area (Å²) in [5.74, 6) is 0.0591. The number of hydrogen-bond acceptors (Lipinski definition) is 2. The van der Waals surface area contributed by atoms with E-state index < -0.39 is 21.8 Å². The maximum atomic E-state index is 12.8. The molecule has 0 radical (unpaired) electrons. The van der Waals surface area contributed by atoms with Crippen LogP contribution in [-0.2, 0) is 6.18 Å². The summed E-state index contributed by atoms with van der Waals surface area (Å²) in [5.41, 5.74) is -1.11. The molecule has 0 N–H and O–H groups in total. The van der Waals surface area contributed by atoms with Crippen molar-refractivity contribution in [1.82, 2.24) is 0 Å². The zero-order valence-corrected chi connectivity index (χ0v) is 10.6. The molecule has 0 aliphatic carbocycles. The van der Waals surface area contributed by atoms with E-state index in [1.165, 1.54) is 18.2 Å². The Balaban J connectivity index is 2.63. The number of alkyl halides is 3. The van der Waals surface area contributed by atoms with Crippen molar-refractivity contribution in [2.75, 3.05) is 0 Å². The molecule has 1 heterocycles. The topological polar surface area (TPSA) is 30.2 Å². The van der Waals surface area contributed by atoms with Gasteiger partial charge in [-0.25, -0.2) is 0 Å². The molecule has 0 aliphatic rings. The highest BCUT2D eigenvalue weighted by Gasteiger charge is 2.37. The fraction of sp³-hybridized carbons (Fsp3) is 0.0833. The van der Waals surface area contributed by atoms with Crippen molar-refractivity contribution in [3.63, 3.8) is 0 Å².